The number of rotatable bonds is 9. The van der Waals surface area contributed by atoms with Crippen molar-refractivity contribution in [3.05, 3.63) is 0 Å². The van der Waals surface area contributed by atoms with Gasteiger partial charge in [-0.2, -0.15) is 0 Å². The van der Waals surface area contributed by atoms with Crippen LogP contribution in [0.4, 0.5) is 0 Å². The van der Waals surface area contributed by atoms with Crippen molar-refractivity contribution < 1.29 is 13.2 Å². The van der Waals surface area contributed by atoms with Gasteiger partial charge in [0.1, 0.15) is 0 Å². The summed E-state index contributed by atoms with van der Waals surface area (Å²) in [6, 6.07) is 0. The zero-order chi connectivity index (χ0) is 12.6. The predicted molar refractivity (Wildman–Crippen MR) is 65.7 cm³/mol. The van der Waals surface area contributed by atoms with Crippen molar-refractivity contribution in [1.29, 1.82) is 0 Å². The summed E-state index contributed by atoms with van der Waals surface area (Å²) in [4.78, 5) is 0. The summed E-state index contributed by atoms with van der Waals surface area (Å²) in [5, 5.41) is -0.553. The summed E-state index contributed by atoms with van der Waals surface area (Å²) in [6.45, 7) is 7.34. The summed E-state index contributed by atoms with van der Waals surface area (Å²) >= 11 is 0. The molecule has 3 N–H and O–H groups in total. The molecule has 5 nitrogen and oxygen atoms in total. The van der Waals surface area contributed by atoms with Gasteiger partial charge in [-0.15, -0.1) is 0 Å². The summed E-state index contributed by atoms with van der Waals surface area (Å²) in [5.41, 5.74) is 5.29. The fourth-order valence-corrected chi connectivity index (χ4v) is 1.85. The molecular weight excluding hydrogens is 228 g/mol. The monoisotopic (exact) mass is 252 g/mol. The first kappa shape index (κ1) is 15.8. The highest BCUT2D eigenvalue weighted by Crippen LogP contribution is 1.98. The minimum atomic E-state index is -3.27. The number of hydrogen-bond acceptors (Lipinski definition) is 4. The quantitative estimate of drug-likeness (QED) is 0.579. The van der Waals surface area contributed by atoms with E-state index in [9.17, 15) is 8.42 Å². The van der Waals surface area contributed by atoms with Crippen molar-refractivity contribution in [1.82, 2.24) is 4.72 Å². The van der Waals surface area contributed by atoms with E-state index in [2.05, 4.69) is 18.6 Å². The van der Waals surface area contributed by atoms with E-state index in [4.69, 9.17) is 10.5 Å². The lowest BCUT2D eigenvalue weighted by Gasteiger charge is -2.12. The maximum Gasteiger partial charge on any atom is 0.215 e. The fourth-order valence-electron chi connectivity index (χ4n) is 0.946. The summed E-state index contributed by atoms with van der Waals surface area (Å²) in [6.07, 6.45) is 0.992. The second-order valence-corrected chi connectivity index (χ2v) is 6.46. The van der Waals surface area contributed by atoms with Gasteiger partial charge in [-0.1, -0.05) is 13.8 Å². The summed E-state index contributed by atoms with van der Waals surface area (Å²) in [7, 11) is -3.27. The van der Waals surface area contributed by atoms with Crippen LogP contribution in [0.2, 0.25) is 0 Å². The first-order valence-corrected chi connectivity index (χ1v) is 7.21. The van der Waals surface area contributed by atoms with Gasteiger partial charge in [-0.25, -0.2) is 13.1 Å². The van der Waals surface area contributed by atoms with Crippen LogP contribution in [0.25, 0.3) is 0 Å². The standard InChI is InChI=1S/C10H24N2O3S/c1-9(2)4-6-15-7-5-12-16(13,14)10(3)8-11/h9-10,12H,4-8,11H2,1-3H3. The summed E-state index contributed by atoms with van der Waals surface area (Å²) < 4.78 is 30.7. The Hall–Kier alpha value is -0.170. The Morgan fingerprint density at radius 2 is 1.88 bits per heavy atom. The Kier molecular flexibility index (Phi) is 7.91. The molecule has 0 aliphatic rings. The first-order valence-electron chi connectivity index (χ1n) is 5.66. The van der Waals surface area contributed by atoms with Crippen LogP contribution in [0.3, 0.4) is 0 Å². The maximum atomic E-state index is 11.5. The van der Waals surface area contributed by atoms with Crippen LogP contribution in [-0.4, -0.2) is 40.0 Å². The Balaban J connectivity index is 3.59. The molecule has 0 saturated heterocycles. The van der Waals surface area contributed by atoms with E-state index in [0.717, 1.165) is 6.42 Å². The first-order chi connectivity index (χ1) is 7.40. The molecule has 0 fully saturated rings. The van der Waals surface area contributed by atoms with E-state index in [0.29, 0.717) is 25.7 Å². The molecule has 1 unspecified atom stereocenters. The van der Waals surface area contributed by atoms with E-state index in [1.54, 1.807) is 6.92 Å². The van der Waals surface area contributed by atoms with Crippen molar-refractivity contribution in [2.24, 2.45) is 11.7 Å². The highest BCUT2D eigenvalue weighted by atomic mass is 32.2. The van der Waals surface area contributed by atoms with E-state index < -0.39 is 15.3 Å². The molecule has 0 aliphatic heterocycles. The van der Waals surface area contributed by atoms with Crippen LogP contribution in [0.5, 0.6) is 0 Å². The third-order valence-corrected chi connectivity index (χ3v) is 4.11. The van der Waals surface area contributed by atoms with Gasteiger partial charge in [0.25, 0.3) is 0 Å². The van der Waals surface area contributed by atoms with Crippen molar-refractivity contribution in [2.75, 3.05) is 26.3 Å². The maximum absolute atomic E-state index is 11.5. The van der Waals surface area contributed by atoms with E-state index >= 15 is 0 Å². The molecule has 0 saturated carbocycles. The number of sulfonamides is 1. The lowest BCUT2D eigenvalue weighted by molar-refractivity contribution is 0.128. The van der Waals surface area contributed by atoms with E-state index in [1.807, 2.05) is 0 Å². The molecule has 0 aliphatic carbocycles. The molecule has 0 radical (unpaired) electrons. The van der Waals surface area contributed by atoms with Crippen LogP contribution in [0.15, 0.2) is 0 Å². The molecule has 0 spiro atoms. The van der Waals surface area contributed by atoms with Crippen LogP contribution >= 0.6 is 0 Å². The zero-order valence-corrected chi connectivity index (χ0v) is 11.2. The smallest absolute Gasteiger partial charge is 0.215 e. The third kappa shape index (κ3) is 7.16. The molecular formula is C10H24N2O3S. The molecule has 16 heavy (non-hydrogen) atoms. The fraction of sp³-hybridized carbons (Fsp3) is 1.00. The van der Waals surface area contributed by atoms with Gasteiger partial charge in [0.05, 0.1) is 11.9 Å². The molecule has 0 aromatic rings. The summed E-state index contributed by atoms with van der Waals surface area (Å²) in [5.74, 6) is 0.606. The SMILES string of the molecule is CC(C)CCOCCNS(=O)(=O)C(C)CN. The third-order valence-electron chi connectivity index (χ3n) is 2.25. The molecule has 1 atom stereocenters. The topological polar surface area (TPSA) is 81.4 Å². The Labute approximate surface area is 98.8 Å². The van der Waals surface area contributed by atoms with Gasteiger partial charge in [-0.3, -0.25) is 0 Å². The molecule has 0 bridgehead atoms. The highest BCUT2D eigenvalue weighted by molar-refractivity contribution is 7.90. The second kappa shape index (κ2) is 8.00. The predicted octanol–water partition coefficient (Wildman–Crippen LogP) is 0.316. The van der Waals surface area contributed by atoms with Crippen molar-refractivity contribution in [3.8, 4) is 0 Å². The van der Waals surface area contributed by atoms with Gasteiger partial charge in [-0.05, 0) is 19.3 Å². The lowest BCUT2D eigenvalue weighted by atomic mass is 10.1. The second-order valence-electron chi connectivity index (χ2n) is 4.28. The van der Waals surface area contributed by atoms with Crippen LogP contribution < -0.4 is 10.5 Å². The molecule has 6 heteroatoms. The van der Waals surface area contributed by atoms with Gasteiger partial charge in [0, 0.05) is 19.7 Å². The zero-order valence-electron chi connectivity index (χ0n) is 10.4. The van der Waals surface area contributed by atoms with Crippen molar-refractivity contribution in [3.63, 3.8) is 0 Å². The van der Waals surface area contributed by atoms with Gasteiger partial charge >= 0.3 is 0 Å². The molecule has 98 valence electrons. The van der Waals surface area contributed by atoms with E-state index in [-0.39, 0.29) is 6.54 Å². The molecule has 0 amide bonds. The molecule has 0 rings (SSSR count). The van der Waals surface area contributed by atoms with Gasteiger partial charge in [0.15, 0.2) is 0 Å². The Morgan fingerprint density at radius 1 is 1.25 bits per heavy atom. The minimum Gasteiger partial charge on any atom is -0.380 e. The number of hydrogen-bond donors (Lipinski definition) is 2. The minimum absolute atomic E-state index is 0.129. The Bertz CT molecular complexity index is 265. The average molecular weight is 252 g/mol. The lowest BCUT2D eigenvalue weighted by Crippen LogP contribution is -2.38. The number of nitrogens with one attached hydrogen (secondary N) is 1. The van der Waals surface area contributed by atoms with Crippen molar-refractivity contribution in [2.45, 2.75) is 32.4 Å². The van der Waals surface area contributed by atoms with Crippen LogP contribution in [0, 0.1) is 5.92 Å². The van der Waals surface area contributed by atoms with Crippen molar-refractivity contribution >= 4 is 10.0 Å². The number of ether oxygens (including phenoxy) is 1. The molecule has 0 heterocycles. The normalized spacial score (nSPS) is 14.3. The number of nitrogens with two attached hydrogens (primary N) is 1. The highest BCUT2D eigenvalue weighted by Gasteiger charge is 2.17. The molecule has 0 aromatic carbocycles. The van der Waals surface area contributed by atoms with Gasteiger partial charge in [0.2, 0.25) is 10.0 Å². The Morgan fingerprint density at radius 3 is 2.38 bits per heavy atom. The van der Waals surface area contributed by atoms with E-state index in [1.165, 1.54) is 0 Å². The van der Waals surface area contributed by atoms with Crippen LogP contribution in [-0.2, 0) is 14.8 Å². The molecule has 0 aromatic heterocycles. The largest absolute Gasteiger partial charge is 0.380 e. The van der Waals surface area contributed by atoms with Gasteiger partial charge < -0.3 is 10.5 Å². The average Bonchev–Trinajstić information content (AvgIpc) is 2.21. The van der Waals surface area contributed by atoms with Crippen LogP contribution in [0.1, 0.15) is 27.2 Å².